The topological polar surface area (TPSA) is 56.8 Å². The van der Waals surface area contributed by atoms with Gasteiger partial charge in [0.15, 0.2) is 18.1 Å². The summed E-state index contributed by atoms with van der Waals surface area (Å²) in [5.41, 5.74) is 0.621. The zero-order chi connectivity index (χ0) is 18.9. The maximum absolute atomic E-state index is 12.2. The lowest BCUT2D eigenvalue weighted by Gasteiger charge is -2.31. The van der Waals surface area contributed by atoms with Crippen LogP contribution in [0.2, 0.25) is 10.0 Å². The number of rotatable bonds is 4. The Morgan fingerprint density at radius 3 is 2.63 bits per heavy atom. The van der Waals surface area contributed by atoms with E-state index < -0.39 is 5.79 Å². The van der Waals surface area contributed by atoms with Gasteiger partial charge in [0.25, 0.3) is 11.7 Å². The Balaban J connectivity index is 1.37. The van der Waals surface area contributed by atoms with Gasteiger partial charge in [-0.1, -0.05) is 29.6 Å². The lowest BCUT2D eigenvalue weighted by atomic mass is 9.94. The standard InChI is InChI=1S/C20H19Cl2NO4/c21-13-4-6-15(22)17(10-13)25-12-19(24)23-14-5-7-16-18(11-14)27-20(26-16)8-2-1-3-9-20/h4-7,10-11H,1-3,8-9,12H2,(H,23,24). The number of carbonyl (C=O) groups is 1. The Morgan fingerprint density at radius 1 is 1.04 bits per heavy atom. The number of benzene rings is 2. The minimum Gasteiger partial charge on any atom is -0.482 e. The van der Waals surface area contributed by atoms with Gasteiger partial charge in [-0.05, 0) is 37.1 Å². The molecule has 1 heterocycles. The number of halogens is 2. The minimum absolute atomic E-state index is 0.182. The second kappa shape index (κ2) is 7.49. The molecule has 0 bridgehead atoms. The van der Waals surface area contributed by atoms with Crippen LogP contribution in [0.4, 0.5) is 5.69 Å². The van der Waals surface area contributed by atoms with Crippen molar-refractivity contribution in [2.75, 3.05) is 11.9 Å². The molecule has 1 N–H and O–H groups in total. The molecule has 1 saturated carbocycles. The zero-order valence-corrected chi connectivity index (χ0v) is 16.1. The molecule has 0 saturated heterocycles. The van der Waals surface area contributed by atoms with Gasteiger partial charge in [0.05, 0.1) is 5.02 Å². The molecule has 0 aromatic heterocycles. The normalized spacial score (nSPS) is 17.0. The van der Waals surface area contributed by atoms with Crippen molar-refractivity contribution < 1.29 is 19.0 Å². The fourth-order valence-electron chi connectivity index (χ4n) is 3.39. The number of fused-ring (bicyclic) bond motifs is 1. The van der Waals surface area contributed by atoms with Crippen LogP contribution in [0.3, 0.4) is 0 Å². The summed E-state index contributed by atoms with van der Waals surface area (Å²) in [6, 6.07) is 10.2. The molecule has 27 heavy (non-hydrogen) atoms. The van der Waals surface area contributed by atoms with Crippen LogP contribution in [0.15, 0.2) is 36.4 Å². The van der Waals surface area contributed by atoms with Gasteiger partial charge >= 0.3 is 0 Å². The summed E-state index contributed by atoms with van der Waals surface area (Å²) < 4.78 is 17.6. The van der Waals surface area contributed by atoms with Gasteiger partial charge in [-0.25, -0.2) is 0 Å². The highest BCUT2D eigenvalue weighted by Crippen LogP contribution is 2.46. The quantitative estimate of drug-likeness (QED) is 0.732. The average molecular weight is 408 g/mol. The second-order valence-corrected chi connectivity index (χ2v) is 7.59. The summed E-state index contributed by atoms with van der Waals surface area (Å²) in [7, 11) is 0. The van der Waals surface area contributed by atoms with E-state index in [1.807, 2.05) is 6.07 Å². The number of hydrogen-bond acceptors (Lipinski definition) is 4. The maximum atomic E-state index is 12.2. The van der Waals surface area contributed by atoms with Gasteiger partial charge in [0.1, 0.15) is 5.75 Å². The highest BCUT2D eigenvalue weighted by molar-refractivity contribution is 6.34. The van der Waals surface area contributed by atoms with Gasteiger partial charge in [-0.2, -0.15) is 0 Å². The highest BCUT2D eigenvalue weighted by Gasteiger charge is 2.42. The van der Waals surface area contributed by atoms with Gasteiger partial charge in [0, 0.05) is 35.7 Å². The maximum Gasteiger partial charge on any atom is 0.262 e. The molecule has 7 heteroatoms. The van der Waals surface area contributed by atoms with Crippen LogP contribution in [-0.4, -0.2) is 18.3 Å². The number of nitrogens with one attached hydrogen (secondary N) is 1. The van der Waals surface area contributed by atoms with Crippen molar-refractivity contribution in [1.29, 1.82) is 0 Å². The van der Waals surface area contributed by atoms with E-state index in [0.717, 1.165) is 31.4 Å². The van der Waals surface area contributed by atoms with E-state index in [9.17, 15) is 4.79 Å². The highest BCUT2D eigenvalue weighted by atomic mass is 35.5. The predicted molar refractivity (Wildman–Crippen MR) is 104 cm³/mol. The molecule has 1 aliphatic carbocycles. The van der Waals surface area contributed by atoms with Crippen molar-refractivity contribution in [3.8, 4) is 17.2 Å². The molecular weight excluding hydrogens is 389 g/mol. The summed E-state index contributed by atoms with van der Waals surface area (Å²) in [6.45, 7) is -0.182. The zero-order valence-electron chi connectivity index (χ0n) is 14.6. The summed E-state index contributed by atoms with van der Waals surface area (Å²) in [6.07, 6.45) is 5.18. The van der Waals surface area contributed by atoms with Crippen LogP contribution >= 0.6 is 23.2 Å². The Labute approximate surface area is 167 Å². The van der Waals surface area contributed by atoms with E-state index in [-0.39, 0.29) is 12.5 Å². The average Bonchev–Trinajstić information content (AvgIpc) is 2.99. The molecule has 2 aromatic carbocycles. The minimum atomic E-state index is -0.532. The monoisotopic (exact) mass is 407 g/mol. The molecule has 2 aromatic rings. The first-order valence-corrected chi connectivity index (χ1v) is 9.68. The Hall–Kier alpha value is -2.11. The summed E-state index contributed by atoms with van der Waals surface area (Å²) in [5.74, 6) is 0.905. The number of hydrogen-bond donors (Lipinski definition) is 1. The van der Waals surface area contributed by atoms with E-state index in [2.05, 4.69) is 5.32 Å². The van der Waals surface area contributed by atoms with Crippen molar-refractivity contribution >= 4 is 34.8 Å². The van der Waals surface area contributed by atoms with Crippen LogP contribution in [0.25, 0.3) is 0 Å². The lowest BCUT2D eigenvalue weighted by molar-refractivity contribution is -0.118. The smallest absolute Gasteiger partial charge is 0.262 e. The van der Waals surface area contributed by atoms with E-state index in [1.165, 1.54) is 6.42 Å². The van der Waals surface area contributed by atoms with Gasteiger partial charge in [-0.3, -0.25) is 4.79 Å². The third-order valence-corrected chi connectivity index (χ3v) is 5.23. The first kappa shape index (κ1) is 18.3. The van der Waals surface area contributed by atoms with Crippen LogP contribution in [0.5, 0.6) is 17.2 Å². The van der Waals surface area contributed by atoms with Crippen LogP contribution in [0, 0.1) is 0 Å². The number of anilines is 1. The molecular formula is C20H19Cl2NO4. The molecule has 5 nitrogen and oxygen atoms in total. The number of ether oxygens (including phenoxy) is 3. The van der Waals surface area contributed by atoms with Crippen molar-refractivity contribution in [3.63, 3.8) is 0 Å². The lowest BCUT2D eigenvalue weighted by Crippen LogP contribution is -2.40. The molecule has 1 fully saturated rings. The summed E-state index contributed by atoms with van der Waals surface area (Å²) in [4.78, 5) is 12.2. The fraction of sp³-hybridized carbons (Fsp3) is 0.350. The van der Waals surface area contributed by atoms with Gasteiger partial charge in [-0.15, -0.1) is 0 Å². The van der Waals surface area contributed by atoms with Crippen molar-refractivity contribution in [2.45, 2.75) is 37.9 Å². The third-order valence-electron chi connectivity index (χ3n) is 4.69. The molecule has 1 amide bonds. The van der Waals surface area contributed by atoms with Crippen molar-refractivity contribution in [2.24, 2.45) is 0 Å². The Kier molecular flexibility index (Phi) is 5.06. The van der Waals surface area contributed by atoms with E-state index in [1.54, 1.807) is 30.3 Å². The fourth-order valence-corrected chi connectivity index (χ4v) is 3.73. The van der Waals surface area contributed by atoms with Crippen molar-refractivity contribution in [1.82, 2.24) is 0 Å². The van der Waals surface area contributed by atoms with Crippen LogP contribution in [0.1, 0.15) is 32.1 Å². The summed E-state index contributed by atoms with van der Waals surface area (Å²) >= 11 is 11.9. The van der Waals surface area contributed by atoms with Crippen molar-refractivity contribution in [3.05, 3.63) is 46.4 Å². The number of carbonyl (C=O) groups excluding carboxylic acids is 1. The molecule has 0 atom stereocenters. The molecule has 2 aliphatic rings. The predicted octanol–water partition coefficient (Wildman–Crippen LogP) is 5.44. The first-order valence-electron chi connectivity index (χ1n) is 8.93. The van der Waals surface area contributed by atoms with E-state index in [0.29, 0.717) is 27.2 Å². The van der Waals surface area contributed by atoms with Crippen LogP contribution in [-0.2, 0) is 4.79 Å². The molecule has 4 rings (SSSR count). The van der Waals surface area contributed by atoms with E-state index >= 15 is 0 Å². The third kappa shape index (κ3) is 4.09. The molecule has 0 unspecified atom stereocenters. The molecule has 0 radical (unpaired) electrons. The molecule has 142 valence electrons. The Morgan fingerprint density at radius 2 is 1.81 bits per heavy atom. The SMILES string of the molecule is O=C(COc1cc(Cl)ccc1Cl)Nc1ccc2c(c1)OC1(CCCCC1)O2. The number of amides is 1. The first-order chi connectivity index (χ1) is 13.0. The molecule has 1 spiro atoms. The second-order valence-electron chi connectivity index (χ2n) is 6.75. The van der Waals surface area contributed by atoms with Crippen LogP contribution < -0.4 is 19.5 Å². The van der Waals surface area contributed by atoms with Gasteiger partial charge in [0.2, 0.25) is 0 Å². The molecule has 1 aliphatic heterocycles. The van der Waals surface area contributed by atoms with E-state index in [4.69, 9.17) is 37.4 Å². The van der Waals surface area contributed by atoms with Gasteiger partial charge < -0.3 is 19.5 Å². The largest absolute Gasteiger partial charge is 0.482 e. The Bertz CT molecular complexity index is 865. The summed E-state index contributed by atoms with van der Waals surface area (Å²) in [5, 5.41) is 3.68.